The number of nitrogens with zero attached hydrogens (tertiary/aromatic N) is 4. The predicted molar refractivity (Wildman–Crippen MR) is 71.8 cm³/mol. The van der Waals surface area contributed by atoms with Gasteiger partial charge in [0, 0.05) is 38.6 Å². The molecule has 0 saturated carbocycles. The van der Waals surface area contributed by atoms with Crippen molar-refractivity contribution in [2.75, 3.05) is 0 Å². The Kier molecular flexibility index (Phi) is 2.71. The maximum atomic E-state index is 5.32. The van der Waals surface area contributed by atoms with Gasteiger partial charge in [0.25, 0.3) is 0 Å². The van der Waals surface area contributed by atoms with Crippen molar-refractivity contribution in [3.8, 4) is 0 Å². The smallest absolute Gasteiger partial charge is 0.179 e. The van der Waals surface area contributed by atoms with Crippen molar-refractivity contribution in [3.05, 3.63) is 41.3 Å². The molecule has 0 saturated heterocycles. The molecule has 3 heterocycles. The Hall–Kier alpha value is -1.95. The van der Waals surface area contributed by atoms with Crippen LogP contribution in [0.1, 0.15) is 5.82 Å². The van der Waals surface area contributed by atoms with Gasteiger partial charge < -0.3 is 14.1 Å². The van der Waals surface area contributed by atoms with Gasteiger partial charge >= 0.3 is 0 Å². The highest BCUT2D eigenvalue weighted by Crippen LogP contribution is 2.11. The summed E-state index contributed by atoms with van der Waals surface area (Å²) < 4.78 is 4.74. The fraction of sp³-hybridized carbons (Fsp3) is 0.250. The molecule has 0 bridgehead atoms. The van der Waals surface area contributed by atoms with Crippen molar-refractivity contribution in [2.24, 2.45) is 7.05 Å². The van der Waals surface area contributed by atoms with E-state index in [1.807, 2.05) is 40.7 Å². The zero-order valence-electron chi connectivity index (χ0n) is 10.00. The molecular weight excluding hydrogens is 246 g/mol. The van der Waals surface area contributed by atoms with Crippen molar-refractivity contribution in [1.82, 2.24) is 24.1 Å². The number of imidazole rings is 2. The zero-order chi connectivity index (χ0) is 12.5. The third kappa shape index (κ3) is 1.84. The molecule has 0 aliphatic heterocycles. The van der Waals surface area contributed by atoms with Crippen molar-refractivity contribution < 1.29 is 0 Å². The fourth-order valence-corrected chi connectivity index (χ4v) is 2.33. The largest absolute Gasteiger partial charge is 0.338 e. The first-order valence-electron chi connectivity index (χ1n) is 5.75. The van der Waals surface area contributed by atoms with E-state index >= 15 is 0 Å². The lowest BCUT2D eigenvalue weighted by atomic mass is 10.4. The Morgan fingerprint density at radius 3 is 3.00 bits per heavy atom. The van der Waals surface area contributed by atoms with Gasteiger partial charge in [0.15, 0.2) is 10.4 Å². The fourth-order valence-electron chi connectivity index (χ4n) is 2.05. The molecule has 6 heteroatoms. The molecule has 5 nitrogen and oxygen atoms in total. The van der Waals surface area contributed by atoms with Gasteiger partial charge in [0.2, 0.25) is 0 Å². The lowest BCUT2D eigenvalue weighted by Crippen LogP contribution is -2.06. The van der Waals surface area contributed by atoms with Crippen LogP contribution in [0.2, 0.25) is 0 Å². The summed E-state index contributed by atoms with van der Waals surface area (Å²) in [6, 6.07) is 3.88. The van der Waals surface area contributed by atoms with Crippen LogP contribution in [0.3, 0.4) is 0 Å². The summed E-state index contributed by atoms with van der Waals surface area (Å²) in [6.07, 6.45) is 6.37. The highest BCUT2D eigenvalue weighted by atomic mass is 32.1. The lowest BCUT2D eigenvalue weighted by molar-refractivity contribution is 0.654. The van der Waals surface area contributed by atoms with Crippen LogP contribution in [0.4, 0.5) is 0 Å². The Bertz CT molecular complexity index is 736. The molecule has 0 unspecified atom stereocenters. The van der Waals surface area contributed by atoms with Crippen molar-refractivity contribution in [2.45, 2.75) is 13.0 Å². The molecule has 0 aromatic carbocycles. The number of aryl methyl sites for hydroxylation is 3. The monoisotopic (exact) mass is 259 g/mol. The standard InChI is InChI=1S/C12H13N5S/c1-16-8-6-13-10(16)4-7-17-11-9(15-12(17)18)3-2-5-14-11/h2-3,5-6,8H,4,7H2,1H3,(H,15,18). The highest BCUT2D eigenvalue weighted by Gasteiger charge is 2.06. The van der Waals surface area contributed by atoms with Gasteiger partial charge in [-0.2, -0.15) is 0 Å². The number of fused-ring (bicyclic) bond motifs is 1. The topological polar surface area (TPSA) is 51.4 Å². The summed E-state index contributed by atoms with van der Waals surface area (Å²) in [5.74, 6) is 1.04. The number of aromatic nitrogens is 5. The number of aromatic amines is 1. The third-order valence-corrected chi connectivity index (χ3v) is 3.33. The summed E-state index contributed by atoms with van der Waals surface area (Å²) in [5, 5.41) is 0. The highest BCUT2D eigenvalue weighted by molar-refractivity contribution is 7.71. The normalized spacial score (nSPS) is 11.2. The molecular formula is C12H13N5S. The zero-order valence-corrected chi connectivity index (χ0v) is 10.8. The number of rotatable bonds is 3. The molecule has 3 aromatic heterocycles. The third-order valence-electron chi connectivity index (χ3n) is 3.01. The van der Waals surface area contributed by atoms with Gasteiger partial charge in [0.05, 0.1) is 5.52 Å². The molecule has 1 N–H and O–H groups in total. The first kappa shape index (κ1) is 11.2. The van der Waals surface area contributed by atoms with Gasteiger partial charge in [-0.25, -0.2) is 9.97 Å². The van der Waals surface area contributed by atoms with E-state index in [1.54, 1.807) is 6.20 Å². The molecule has 3 rings (SSSR count). The molecule has 0 aliphatic carbocycles. The summed E-state index contributed by atoms with van der Waals surface area (Å²) >= 11 is 5.32. The summed E-state index contributed by atoms with van der Waals surface area (Å²) in [7, 11) is 2.00. The van der Waals surface area contributed by atoms with Gasteiger partial charge in [-0.05, 0) is 24.4 Å². The average Bonchev–Trinajstić information content (AvgIpc) is 2.90. The first-order valence-corrected chi connectivity index (χ1v) is 6.16. The van der Waals surface area contributed by atoms with E-state index in [4.69, 9.17) is 12.2 Å². The Balaban J connectivity index is 1.93. The lowest BCUT2D eigenvalue weighted by Gasteiger charge is -2.04. The van der Waals surface area contributed by atoms with Crippen LogP contribution >= 0.6 is 12.2 Å². The van der Waals surface area contributed by atoms with Crippen LogP contribution in [0.15, 0.2) is 30.7 Å². The van der Waals surface area contributed by atoms with Crippen LogP contribution in [0.5, 0.6) is 0 Å². The van der Waals surface area contributed by atoms with Gasteiger partial charge in [-0.3, -0.25) is 0 Å². The quantitative estimate of drug-likeness (QED) is 0.733. The van der Waals surface area contributed by atoms with Gasteiger partial charge in [-0.15, -0.1) is 0 Å². The van der Waals surface area contributed by atoms with Crippen molar-refractivity contribution in [1.29, 1.82) is 0 Å². The Morgan fingerprint density at radius 2 is 2.22 bits per heavy atom. The van der Waals surface area contributed by atoms with Crippen LogP contribution in [-0.2, 0) is 20.0 Å². The van der Waals surface area contributed by atoms with Crippen LogP contribution in [0, 0.1) is 4.77 Å². The molecule has 0 amide bonds. The number of hydrogen-bond acceptors (Lipinski definition) is 3. The number of nitrogens with one attached hydrogen (secondary N) is 1. The Morgan fingerprint density at radius 1 is 1.33 bits per heavy atom. The van der Waals surface area contributed by atoms with E-state index in [0.29, 0.717) is 4.77 Å². The van der Waals surface area contributed by atoms with E-state index in [0.717, 1.165) is 30.0 Å². The van der Waals surface area contributed by atoms with Crippen molar-refractivity contribution >= 4 is 23.4 Å². The second-order valence-corrected chi connectivity index (χ2v) is 4.55. The summed E-state index contributed by atoms with van der Waals surface area (Å²) in [4.78, 5) is 11.8. The van der Waals surface area contributed by atoms with Crippen LogP contribution < -0.4 is 0 Å². The minimum atomic E-state index is 0.706. The second-order valence-electron chi connectivity index (χ2n) is 4.16. The first-order chi connectivity index (χ1) is 8.75. The predicted octanol–water partition coefficient (Wildman–Crippen LogP) is 2.07. The molecule has 18 heavy (non-hydrogen) atoms. The molecule has 3 aromatic rings. The SMILES string of the molecule is Cn1ccnc1CCn1c(=S)[nH]c2cccnc21. The van der Waals surface area contributed by atoms with Gasteiger partial charge in [-0.1, -0.05) is 0 Å². The number of pyridine rings is 1. The molecule has 0 fully saturated rings. The molecule has 0 atom stereocenters. The van der Waals surface area contributed by atoms with Crippen LogP contribution in [0.25, 0.3) is 11.2 Å². The van der Waals surface area contributed by atoms with Crippen LogP contribution in [-0.4, -0.2) is 24.1 Å². The van der Waals surface area contributed by atoms with Gasteiger partial charge in [0.1, 0.15) is 5.82 Å². The number of H-pyrrole nitrogens is 1. The maximum absolute atomic E-state index is 5.32. The molecule has 92 valence electrons. The minimum Gasteiger partial charge on any atom is -0.338 e. The van der Waals surface area contributed by atoms with E-state index in [1.165, 1.54) is 0 Å². The number of hydrogen-bond donors (Lipinski definition) is 1. The maximum Gasteiger partial charge on any atom is 0.179 e. The molecule has 0 aliphatic rings. The average molecular weight is 259 g/mol. The van der Waals surface area contributed by atoms with E-state index < -0.39 is 0 Å². The van der Waals surface area contributed by atoms with E-state index in [2.05, 4.69) is 15.0 Å². The molecule has 0 spiro atoms. The van der Waals surface area contributed by atoms with Crippen molar-refractivity contribution in [3.63, 3.8) is 0 Å². The Labute approximate surface area is 109 Å². The van der Waals surface area contributed by atoms with E-state index in [-0.39, 0.29) is 0 Å². The minimum absolute atomic E-state index is 0.706. The summed E-state index contributed by atoms with van der Waals surface area (Å²) in [6.45, 7) is 0.778. The summed E-state index contributed by atoms with van der Waals surface area (Å²) in [5.41, 5.74) is 1.87. The second kappa shape index (κ2) is 4.38. The molecule has 0 radical (unpaired) electrons. The van der Waals surface area contributed by atoms with E-state index in [9.17, 15) is 0 Å².